The van der Waals surface area contributed by atoms with Crippen molar-refractivity contribution >= 4 is 5.91 Å². The third-order valence-corrected chi connectivity index (χ3v) is 4.38. The first kappa shape index (κ1) is 14.5. The summed E-state index contributed by atoms with van der Waals surface area (Å²) in [6, 6.07) is 8.26. The van der Waals surface area contributed by atoms with Gasteiger partial charge in [-0.15, -0.1) is 0 Å². The number of fused-ring (bicyclic) bond motifs is 1. The van der Waals surface area contributed by atoms with Gasteiger partial charge in [0.2, 0.25) is 5.91 Å². The molecular weight excluding hydrogens is 268 g/mol. The molecule has 1 atom stereocenters. The number of carbonyl (C=O) groups is 1. The van der Waals surface area contributed by atoms with Gasteiger partial charge in [-0.2, -0.15) is 0 Å². The minimum Gasteiger partial charge on any atom is -0.395 e. The Kier molecular flexibility index (Phi) is 4.53. The zero-order chi connectivity index (χ0) is 14.7. The second kappa shape index (κ2) is 6.56. The SMILES string of the molecule is O=C(CN1CCOCC1CO)N1CCc2ccccc2C1. The molecule has 0 aliphatic carbocycles. The minimum atomic E-state index is -0.0558. The number of aliphatic hydroxyl groups is 1. The molecule has 1 N–H and O–H groups in total. The van der Waals surface area contributed by atoms with E-state index in [1.54, 1.807) is 0 Å². The maximum absolute atomic E-state index is 12.5. The molecule has 1 saturated heterocycles. The van der Waals surface area contributed by atoms with E-state index in [0.29, 0.717) is 32.8 Å². The Morgan fingerprint density at radius 1 is 1.29 bits per heavy atom. The molecule has 5 nitrogen and oxygen atoms in total. The van der Waals surface area contributed by atoms with E-state index < -0.39 is 0 Å². The summed E-state index contributed by atoms with van der Waals surface area (Å²) in [5.74, 6) is 0.143. The lowest BCUT2D eigenvalue weighted by Crippen LogP contribution is -2.52. The monoisotopic (exact) mass is 290 g/mol. The van der Waals surface area contributed by atoms with Crippen LogP contribution in [0.5, 0.6) is 0 Å². The van der Waals surface area contributed by atoms with Crippen LogP contribution in [0.15, 0.2) is 24.3 Å². The Morgan fingerprint density at radius 2 is 2.10 bits per heavy atom. The summed E-state index contributed by atoms with van der Waals surface area (Å²) in [7, 11) is 0. The quantitative estimate of drug-likeness (QED) is 0.868. The highest BCUT2D eigenvalue weighted by molar-refractivity contribution is 5.78. The van der Waals surface area contributed by atoms with E-state index in [2.05, 4.69) is 18.2 Å². The summed E-state index contributed by atoms with van der Waals surface area (Å²) in [6.45, 7) is 3.74. The van der Waals surface area contributed by atoms with E-state index in [9.17, 15) is 9.90 Å². The van der Waals surface area contributed by atoms with E-state index in [0.717, 1.165) is 13.0 Å². The van der Waals surface area contributed by atoms with E-state index in [4.69, 9.17) is 4.74 Å². The predicted octanol–water partition coefficient (Wildman–Crippen LogP) is 0.264. The number of hydrogen-bond acceptors (Lipinski definition) is 4. The second-order valence-electron chi connectivity index (χ2n) is 5.72. The molecule has 114 valence electrons. The van der Waals surface area contributed by atoms with Gasteiger partial charge < -0.3 is 14.7 Å². The van der Waals surface area contributed by atoms with Crippen molar-refractivity contribution in [1.82, 2.24) is 9.80 Å². The molecule has 3 rings (SSSR count). The van der Waals surface area contributed by atoms with Gasteiger partial charge in [0.05, 0.1) is 32.4 Å². The van der Waals surface area contributed by atoms with Crippen LogP contribution in [0.2, 0.25) is 0 Å². The largest absolute Gasteiger partial charge is 0.395 e. The molecule has 0 aromatic heterocycles. The van der Waals surface area contributed by atoms with Crippen molar-refractivity contribution in [2.24, 2.45) is 0 Å². The Labute approximate surface area is 125 Å². The fourth-order valence-electron chi connectivity index (χ4n) is 3.05. The zero-order valence-corrected chi connectivity index (χ0v) is 12.2. The topological polar surface area (TPSA) is 53.0 Å². The normalized spacial score (nSPS) is 22.9. The van der Waals surface area contributed by atoms with E-state index in [-0.39, 0.29) is 18.6 Å². The van der Waals surface area contributed by atoms with Gasteiger partial charge in [-0.1, -0.05) is 24.3 Å². The van der Waals surface area contributed by atoms with E-state index >= 15 is 0 Å². The molecule has 0 spiro atoms. The highest BCUT2D eigenvalue weighted by atomic mass is 16.5. The van der Waals surface area contributed by atoms with Gasteiger partial charge >= 0.3 is 0 Å². The number of hydrogen-bond donors (Lipinski definition) is 1. The van der Waals surface area contributed by atoms with Crippen molar-refractivity contribution in [3.05, 3.63) is 35.4 Å². The molecule has 1 unspecified atom stereocenters. The number of morpholine rings is 1. The standard InChI is InChI=1S/C16H22N2O3/c19-11-15-12-21-8-7-17(15)10-16(20)18-6-5-13-3-1-2-4-14(13)9-18/h1-4,15,19H,5-12H2. The van der Waals surface area contributed by atoms with Crippen LogP contribution in [-0.2, 0) is 22.5 Å². The lowest BCUT2D eigenvalue weighted by Gasteiger charge is -2.36. The fourth-order valence-corrected chi connectivity index (χ4v) is 3.05. The fraction of sp³-hybridized carbons (Fsp3) is 0.562. The summed E-state index contributed by atoms with van der Waals surface area (Å²) >= 11 is 0. The van der Waals surface area contributed by atoms with Crippen molar-refractivity contribution in [3.63, 3.8) is 0 Å². The van der Waals surface area contributed by atoms with Crippen molar-refractivity contribution in [2.75, 3.05) is 39.5 Å². The maximum Gasteiger partial charge on any atom is 0.237 e. The lowest BCUT2D eigenvalue weighted by molar-refractivity contribution is -0.136. The van der Waals surface area contributed by atoms with Crippen LogP contribution in [-0.4, -0.2) is 66.3 Å². The van der Waals surface area contributed by atoms with Crippen LogP contribution in [0.1, 0.15) is 11.1 Å². The molecule has 1 fully saturated rings. The van der Waals surface area contributed by atoms with Crippen LogP contribution < -0.4 is 0 Å². The summed E-state index contributed by atoms with van der Waals surface area (Å²) < 4.78 is 5.35. The molecule has 5 heteroatoms. The summed E-state index contributed by atoms with van der Waals surface area (Å²) in [4.78, 5) is 16.5. The molecule has 21 heavy (non-hydrogen) atoms. The molecule has 2 aliphatic rings. The Morgan fingerprint density at radius 3 is 2.90 bits per heavy atom. The van der Waals surface area contributed by atoms with Gasteiger partial charge in [0.1, 0.15) is 0 Å². The molecule has 2 aliphatic heterocycles. The first-order chi connectivity index (χ1) is 10.3. The average molecular weight is 290 g/mol. The predicted molar refractivity (Wildman–Crippen MR) is 78.8 cm³/mol. The van der Waals surface area contributed by atoms with Gasteiger partial charge in [0.25, 0.3) is 0 Å². The van der Waals surface area contributed by atoms with Crippen LogP contribution in [0.3, 0.4) is 0 Å². The molecule has 2 heterocycles. The second-order valence-corrected chi connectivity index (χ2v) is 5.72. The summed E-state index contributed by atoms with van der Waals surface area (Å²) in [5, 5.41) is 9.37. The smallest absolute Gasteiger partial charge is 0.237 e. The Bertz CT molecular complexity index is 506. The number of rotatable bonds is 3. The number of ether oxygens (including phenoxy) is 1. The van der Waals surface area contributed by atoms with Gasteiger partial charge in [-0.3, -0.25) is 9.69 Å². The van der Waals surface area contributed by atoms with Crippen molar-refractivity contribution in [2.45, 2.75) is 19.0 Å². The van der Waals surface area contributed by atoms with E-state index in [1.807, 2.05) is 15.9 Å². The number of amides is 1. The summed E-state index contributed by atoms with van der Waals surface area (Å²) in [5.41, 5.74) is 2.60. The highest BCUT2D eigenvalue weighted by Gasteiger charge is 2.27. The lowest BCUT2D eigenvalue weighted by atomic mass is 10.00. The van der Waals surface area contributed by atoms with Crippen LogP contribution in [0.25, 0.3) is 0 Å². The highest BCUT2D eigenvalue weighted by Crippen LogP contribution is 2.19. The van der Waals surface area contributed by atoms with Gasteiger partial charge in [0, 0.05) is 19.6 Å². The molecular formula is C16H22N2O3. The zero-order valence-electron chi connectivity index (χ0n) is 12.2. The third kappa shape index (κ3) is 3.26. The number of aliphatic hydroxyl groups excluding tert-OH is 1. The Hall–Kier alpha value is -1.43. The molecule has 0 bridgehead atoms. The van der Waals surface area contributed by atoms with Crippen LogP contribution >= 0.6 is 0 Å². The first-order valence-corrected chi connectivity index (χ1v) is 7.55. The third-order valence-electron chi connectivity index (χ3n) is 4.38. The first-order valence-electron chi connectivity index (χ1n) is 7.55. The maximum atomic E-state index is 12.5. The molecule has 0 radical (unpaired) electrons. The van der Waals surface area contributed by atoms with Crippen molar-refractivity contribution < 1.29 is 14.6 Å². The molecule has 1 aromatic carbocycles. The van der Waals surface area contributed by atoms with Crippen LogP contribution in [0, 0.1) is 0 Å². The van der Waals surface area contributed by atoms with Gasteiger partial charge in [-0.25, -0.2) is 0 Å². The Balaban J connectivity index is 1.61. The molecule has 1 amide bonds. The van der Waals surface area contributed by atoms with Gasteiger partial charge in [-0.05, 0) is 17.5 Å². The summed E-state index contributed by atoms with van der Waals surface area (Å²) in [6.07, 6.45) is 0.925. The number of nitrogens with zero attached hydrogens (tertiary/aromatic N) is 2. The van der Waals surface area contributed by atoms with E-state index in [1.165, 1.54) is 11.1 Å². The molecule has 1 aromatic rings. The average Bonchev–Trinajstić information content (AvgIpc) is 2.55. The van der Waals surface area contributed by atoms with Crippen LogP contribution in [0.4, 0.5) is 0 Å². The number of carbonyl (C=O) groups excluding carboxylic acids is 1. The van der Waals surface area contributed by atoms with Crippen molar-refractivity contribution in [3.8, 4) is 0 Å². The van der Waals surface area contributed by atoms with Crippen molar-refractivity contribution in [1.29, 1.82) is 0 Å². The minimum absolute atomic E-state index is 0.0378. The number of benzene rings is 1. The van der Waals surface area contributed by atoms with Gasteiger partial charge in [0.15, 0.2) is 0 Å². The molecule has 0 saturated carbocycles.